The number of aliphatic hydroxyl groups excluding tert-OH is 1. The van der Waals surface area contributed by atoms with E-state index in [2.05, 4.69) is 37.5 Å². The normalized spacial score (nSPS) is 18.9. The van der Waals surface area contributed by atoms with Gasteiger partial charge in [0.2, 0.25) is 5.91 Å². The lowest BCUT2D eigenvalue weighted by atomic mass is 9.70. The molecular formula is C29H38F2N2O3. The van der Waals surface area contributed by atoms with Crippen LogP contribution in [-0.4, -0.2) is 35.5 Å². The van der Waals surface area contributed by atoms with Crippen LogP contribution in [0.2, 0.25) is 0 Å². The van der Waals surface area contributed by atoms with Gasteiger partial charge in [-0.3, -0.25) is 9.59 Å². The summed E-state index contributed by atoms with van der Waals surface area (Å²) in [5.41, 5.74) is 2.60. The number of amides is 1. The molecule has 2 aromatic rings. The van der Waals surface area contributed by atoms with E-state index in [9.17, 15) is 23.5 Å². The van der Waals surface area contributed by atoms with Crippen molar-refractivity contribution in [1.29, 1.82) is 0 Å². The lowest BCUT2D eigenvalue weighted by molar-refractivity contribution is -0.120. The van der Waals surface area contributed by atoms with Crippen molar-refractivity contribution in [1.82, 2.24) is 10.6 Å². The van der Waals surface area contributed by atoms with Gasteiger partial charge in [-0.15, -0.1) is 0 Å². The molecule has 1 aliphatic carbocycles. The molecule has 3 atom stereocenters. The monoisotopic (exact) mass is 500 g/mol. The van der Waals surface area contributed by atoms with E-state index in [0.717, 1.165) is 23.6 Å². The van der Waals surface area contributed by atoms with Crippen molar-refractivity contribution < 1.29 is 23.5 Å². The van der Waals surface area contributed by atoms with Gasteiger partial charge in [-0.1, -0.05) is 52.8 Å². The Morgan fingerprint density at radius 1 is 1.11 bits per heavy atom. The van der Waals surface area contributed by atoms with E-state index in [0.29, 0.717) is 17.5 Å². The minimum Gasteiger partial charge on any atom is -0.390 e. The number of benzene rings is 2. The Morgan fingerprint density at radius 3 is 2.33 bits per heavy atom. The van der Waals surface area contributed by atoms with Crippen molar-refractivity contribution in [3.8, 4) is 0 Å². The lowest BCUT2D eigenvalue weighted by Gasteiger charge is -2.37. The molecule has 2 aromatic carbocycles. The maximum Gasteiger partial charge on any atom is 0.217 e. The molecule has 0 heterocycles. The SMILES string of the molecule is CC(=O)N[C@@H](Cc1cc(F)cc(F)c1)[C@H](O)CN[C@@H]1CC(C)(C)C(=O)c2ccc(CC(C)(C)C)cc21. The Balaban J connectivity index is 1.82. The number of aliphatic hydroxyl groups is 1. The zero-order chi connectivity index (χ0) is 26.8. The van der Waals surface area contributed by atoms with Crippen LogP contribution >= 0.6 is 0 Å². The number of fused-ring (bicyclic) bond motifs is 1. The number of hydrogen-bond donors (Lipinski definition) is 3. The van der Waals surface area contributed by atoms with Gasteiger partial charge in [0.1, 0.15) is 11.6 Å². The van der Waals surface area contributed by atoms with Crippen molar-refractivity contribution in [2.45, 2.75) is 79.0 Å². The summed E-state index contributed by atoms with van der Waals surface area (Å²) in [4.78, 5) is 24.9. The van der Waals surface area contributed by atoms with Gasteiger partial charge in [0.25, 0.3) is 0 Å². The Morgan fingerprint density at radius 2 is 1.75 bits per heavy atom. The maximum absolute atomic E-state index is 13.7. The molecule has 0 spiro atoms. The van der Waals surface area contributed by atoms with Crippen molar-refractivity contribution in [2.75, 3.05) is 6.54 Å². The zero-order valence-electron chi connectivity index (χ0n) is 22.0. The first-order valence-electron chi connectivity index (χ1n) is 12.5. The molecule has 36 heavy (non-hydrogen) atoms. The van der Waals surface area contributed by atoms with Crippen LogP contribution in [0.3, 0.4) is 0 Å². The number of halogens is 2. The molecule has 0 bridgehead atoms. The molecule has 1 aliphatic rings. The van der Waals surface area contributed by atoms with Gasteiger partial charge in [0.15, 0.2) is 5.78 Å². The highest BCUT2D eigenvalue weighted by Gasteiger charge is 2.39. The van der Waals surface area contributed by atoms with E-state index in [4.69, 9.17) is 0 Å². The lowest BCUT2D eigenvalue weighted by Crippen LogP contribution is -2.49. The second kappa shape index (κ2) is 10.8. The van der Waals surface area contributed by atoms with Crippen LogP contribution < -0.4 is 10.6 Å². The molecule has 0 fully saturated rings. The first-order valence-corrected chi connectivity index (χ1v) is 12.5. The number of carbonyl (C=O) groups is 2. The molecule has 196 valence electrons. The van der Waals surface area contributed by atoms with Crippen LogP contribution in [0.25, 0.3) is 0 Å². The zero-order valence-corrected chi connectivity index (χ0v) is 22.0. The average molecular weight is 501 g/mol. The van der Waals surface area contributed by atoms with E-state index in [1.54, 1.807) is 0 Å². The standard InChI is InChI=1S/C29H38F2N2O3/c1-17(34)33-24(12-19-9-20(30)13-21(31)10-19)26(35)16-32-25-15-29(5,6)27(36)22-8-7-18(11-23(22)25)14-28(2,3)4/h7-11,13,24-26,32,35H,12,14-16H2,1-6H3,(H,33,34)/t24-,25+,26+/m0/s1. The van der Waals surface area contributed by atoms with E-state index in [1.165, 1.54) is 19.1 Å². The molecule has 0 aliphatic heterocycles. The Hall–Kier alpha value is -2.64. The first kappa shape index (κ1) is 27.9. The third kappa shape index (κ3) is 7.20. The molecule has 7 heteroatoms. The molecule has 0 saturated carbocycles. The summed E-state index contributed by atoms with van der Waals surface area (Å²) in [6.45, 7) is 11.8. The maximum atomic E-state index is 13.7. The highest BCUT2D eigenvalue weighted by Crippen LogP contribution is 2.41. The first-order chi connectivity index (χ1) is 16.6. The van der Waals surface area contributed by atoms with Gasteiger partial charge in [0, 0.05) is 36.6 Å². The Bertz CT molecular complexity index is 1100. The van der Waals surface area contributed by atoms with E-state index in [1.807, 2.05) is 26.0 Å². The molecule has 0 saturated heterocycles. The molecule has 0 unspecified atom stereocenters. The van der Waals surface area contributed by atoms with Crippen molar-refractivity contribution in [2.24, 2.45) is 10.8 Å². The van der Waals surface area contributed by atoms with Crippen LogP contribution in [0.1, 0.15) is 81.1 Å². The highest BCUT2D eigenvalue weighted by atomic mass is 19.1. The van der Waals surface area contributed by atoms with Crippen LogP contribution in [-0.2, 0) is 17.6 Å². The summed E-state index contributed by atoms with van der Waals surface area (Å²) in [6, 6.07) is 8.25. The van der Waals surface area contributed by atoms with E-state index < -0.39 is 29.2 Å². The number of rotatable bonds is 8. The quantitative estimate of drug-likeness (QED) is 0.482. The van der Waals surface area contributed by atoms with Crippen LogP contribution in [0.4, 0.5) is 8.78 Å². The Labute approximate surface area is 212 Å². The van der Waals surface area contributed by atoms with Crippen molar-refractivity contribution in [3.05, 3.63) is 70.3 Å². The van der Waals surface area contributed by atoms with E-state index >= 15 is 0 Å². The van der Waals surface area contributed by atoms with Gasteiger partial charge in [0.05, 0.1) is 12.1 Å². The van der Waals surface area contributed by atoms with Crippen LogP contribution in [0.5, 0.6) is 0 Å². The predicted octanol–water partition coefficient (Wildman–Crippen LogP) is 4.91. The summed E-state index contributed by atoms with van der Waals surface area (Å²) < 4.78 is 27.4. The number of ketones is 1. The third-order valence-corrected chi connectivity index (χ3v) is 6.60. The van der Waals surface area contributed by atoms with Gasteiger partial charge in [-0.2, -0.15) is 0 Å². The summed E-state index contributed by atoms with van der Waals surface area (Å²) in [7, 11) is 0. The molecule has 1 amide bonds. The fourth-order valence-corrected chi connectivity index (χ4v) is 5.02. The molecule has 3 N–H and O–H groups in total. The topological polar surface area (TPSA) is 78.4 Å². The fourth-order valence-electron chi connectivity index (χ4n) is 5.02. The number of Topliss-reactive ketones (excluding diaryl/α,β-unsaturated/α-hetero) is 1. The summed E-state index contributed by atoms with van der Waals surface area (Å²) in [5.74, 6) is -1.67. The summed E-state index contributed by atoms with van der Waals surface area (Å²) in [6.07, 6.45) is 0.465. The summed E-state index contributed by atoms with van der Waals surface area (Å²) in [5, 5.41) is 17.1. The molecular weight excluding hydrogens is 462 g/mol. The predicted molar refractivity (Wildman–Crippen MR) is 137 cm³/mol. The third-order valence-electron chi connectivity index (χ3n) is 6.60. The minimum absolute atomic E-state index is 0.0675. The van der Waals surface area contributed by atoms with Crippen molar-refractivity contribution >= 4 is 11.7 Å². The van der Waals surface area contributed by atoms with Crippen molar-refractivity contribution in [3.63, 3.8) is 0 Å². The smallest absolute Gasteiger partial charge is 0.217 e. The second-order valence-electron chi connectivity index (χ2n) is 11.9. The number of carbonyl (C=O) groups excluding carboxylic acids is 2. The van der Waals surface area contributed by atoms with Crippen LogP contribution in [0.15, 0.2) is 36.4 Å². The van der Waals surface area contributed by atoms with Gasteiger partial charge >= 0.3 is 0 Å². The molecule has 0 radical (unpaired) electrons. The van der Waals surface area contributed by atoms with Gasteiger partial charge in [-0.05, 0) is 53.5 Å². The highest BCUT2D eigenvalue weighted by molar-refractivity contribution is 6.02. The second-order valence-corrected chi connectivity index (χ2v) is 11.9. The molecule has 0 aromatic heterocycles. The molecule has 3 rings (SSSR count). The Kier molecular flexibility index (Phi) is 8.36. The van der Waals surface area contributed by atoms with Gasteiger partial charge < -0.3 is 15.7 Å². The van der Waals surface area contributed by atoms with Gasteiger partial charge in [-0.25, -0.2) is 8.78 Å². The van der Waals surface area contributed by atoms with E-state index in [-0.39, 0.29) is 36.1 Å². The number of nitrogens with one attached hydrogen (secondary N) is 2. The fraction of sp³-hybridized carbons (Fsp3) is 0.517. The average Bonchev–Trinajstić information content (AvgIpc) is 2.72. The minimum atomic E-state index is -1.03. The summed E-state index contributed by atoms with van der Waals surface area (Å²) >= 11 is 0. The number of hydrogen-bond acceptors (Lipinski definition) is 4. The molecule has 5 nitrogen and oxygen atoms in total. The van der Waals surface area contributed by atoms with Crippen LogP contribution in [0, 0.1) is 22.5 Å². The largest absolute Gasteiger partial charge is 0.390 e.